The van der Waals surface area contributed by atoms with E-state index in [0.717, 1.165) is 32.2 Å². The van der Waals surface area contributed by atoms with Gasteiger partial charge in [-0.2, -0.15) is 0 Å². The molecule has 0 spiro atoms. The van der Waals surface area contributed by atoms with Crippen LogP contribution in [0.5, 0.6) is 0 Å². The molecule has 4 nitrogen and oxygen atoms in total. The average molecular weight is 275 g/mol. The highest BCUT2D eigenvalue weighted by Gasteiger charge is 2.39. The topological polar surface area (TPSA) is 63.2 Å². The number of carbonyl (C=O) groups is 1. The Bertz CT molecular complexity index is 381. The third kappa shape index (κ3) is 3.54. The van der Waals surface area contributed by atoms with E-state index in [1.54, 1.807) is 13.8 Å². The summed E-state index contributed by atoms with van der Waals surface area (Å²) >= 11 is 0. The summed E-state index contributed by atoms with van der Waals surface area (Å²) in [6, 6.07) is 0. The summed E-state index contributed by atoms with van der Waals surface area (Å²) in [4.78, 5) is 12.3. The van der Waals surface area contributed by atoms with Crippen LogP contribution in [0.2, 0.25) is 0 Å². The molecule has 0 radical (unpaired) electrons. The molecule has 0 saturated carbocycles. The molecule has 0 aliphatic carbocycles. The Hall–Kier alpha value is -0.420. The highest BCUT2D eigenvalue weighted by molar-refractivity contribution is 7.91. The van der Waals surface area contributed by atoms with Gasteiger partial charge in [0, 0.05) is 6.42 Å². The quantitative estimate of drug-likeness (QED) is 0.768. The average Bonchev–Trinajstić information content (AvgIpc) is 2.76. The molecule has 5 heteroatoms. The SMILES string of the molecule is CCCC1(C(=O)CCS(=O)(=O)C(C)C)CCCN1. The Kier molecular flexibility index (Phi) is 5.34. The van der Waals surface area contributed by atoms with Crippen molar-refractivity contribution in [1.29, 1.82) is 0 Å². The van der Waals surface area contributed by atoms with Crippen molar-refractivity contribution in [1.82, 2.24) is 5.32 Å². The minimum absolute atomic E-state index is 0.0172. The summed E-state index contributed by atoms with van der Waals surface area (Å²) < 4.78 is 23.5. The smallest absolute Gasteiger partial charge is 0.153 e. The first kappa shape index (κ1) is 15.6. The fourth-order valence-electron chi connectivity index (χ4n) is 2.53. The summed E-state index contributed by atoms with van der Waals surface area (Å²) in [5.74, 6) is 0.0579. The van der Waals surface area contributed by atoms with Gasteiger partial charge in [0.15, 0.2) is 15.6 Å². The fourth-order valence-corrected chi connectivity index (χ4v) is 3.48. The van der Waals surface area contributed by atoms with Crippen LogP contribution in [0.25, 0.3) is 0 Å². The van der Waals surface area contributed by atoms with E-state index in [9.17, 15) is 13.2 Å². The van der Waals surface area contributed by atoms with Gasteiger partial charge < -0.3 is 5.32 Å². The van der Waals surface area contributed by atoms with Gasteiger partial charge in [-0.3, -0.25) is 4.79 Å². The standard InChI is InChI=1S/C13H25NO3S/c1-4-7-13(8-5-9-14-13)12(15)6-10-18(16,17)11(2)3/h11,14H,4-10H2,1-3H3. The predicted octanol–water partition coefficient (Wildman–Crippen LogP) is 1.69. The van der Waals surface area contributed by atoms with Gasteiger partial charge in [-0.05, 0) is 39.7 Å². The van der Waals surface area contributed by atoms with E-state index < -0.39 is 20.6 Å². The minimum atomic E-state index is -3.11. The van der Waals surface area contributed by atoms with Gasteiger partial charge in [0.25, 0.3) is 0 Å². The van der Waals surface area contributed by atoms with Crippen molar-refractivity contribution in [3.05, 3.63) is 0 Å². The molecule has 0 bridgehead atoms. The Labute approximate surface area is 110 Å². The highest BCUT2D eigenvalue weighted by Crippen LogP contribution is 2.27. The van der Waals surface area contributed by atoms with Gasteiger partial charge >= 0.3 is 0 Å². The van der Waals surface area contributed by atoms with Crippen LogP contribution in [-0.4, -0.2) is 37.3 Å². The van der Waals surface area contributed by atoms with E-state index in [4.69, 9.17) is 0 Å². The van der Waals surface area contributed by atoms with Crippen LogP contribution in [0.1, 0.15) is 52.9 Å². The zero-order valence-corrected chi connectivity index (χ0v) is 12.5. The Morgan fingerprint density at radius 1 is 1.39 bits per heavy atom. The zero-order chi connectivity index (χ0) is 13.8. The first-order valence-electron chi connectivity index (χ1n) is 6.84. The van der Waals surface area contributed by atoms with Gasteiger partial charge in [-0.25, -0.2) is 8.42 Å². The second kappa shape index (κ2) is 6.15. The minimum Gasteiger partial charge on any atom is -0.305 e. The summed E-state index contributed by atoms with van der Waals surface area (Å²) in [5.41, 5.74) is -0.443. The van der Waals surface area contributed by atoms with Gasteiger partial charge in [-0.1, -0.05) is 13.3 Å². The summed E-state index contributed by atoms with van der Waals surface area (Å²) in [6.07, 6.45) is 3.75. The lowest BCUT2D eigenvalue weighted by Crippen LogP contribution is -2.48. The number of rotatable bonds is 7. The lowest BCUT2D eigenvalue weighted by Gasteiger charge is -2.27. The normalized spacial score (nSPS) is 24.7. The van der Waals surface area contributed by atoms with Gasteiger partial charge in [0.05, 0.1) is 16.5 Å². The van der Waals surface area contributed by atoms with E-state index in [-0.39, 0.29) is 18.0 Å². The molecule has 106 valence electrons. The van der Waals surface area contributed by atoms with Crippen LogP contribution < -0.4 is 5.32 Å². The fraction of sp³-hybridized carbons (Fsp3) is 0.923. The zero-order valence-electron chi connectivity index (χ0n) is 11.7. The highest BCUT2D eigenvalue weighted by atomic mass is 32.2. The number of carbonyl (C=O) groups excluding carboxylic acids is 1. The van der Waals surface area contributed by atoms with E-state index >= 15 is 0 Å². The molecule has 1 rings (SSSR count). The van der Waals surface area contributed by atoms with E-state index in [1.165, 1.54) is 0 Å². The molecule has 1 atom stereocenters. The van der Waals surface area contributed by atoms with E-state index in [1.807, 2.05) is 0 Å². The molecule has 1 aliphatic heterocycles. The molecule has 1 saturated heterocycles. The first-order chi connectivity index (χ1) is 8.34. The van der Waals surface area contributed by atoms with Crippen LogP contribution in [0, 0.1) is 0 Å². The van der Waals surface area contributed by atoms with Crippen molar-refractivity contribution in [3.63, 3.8) is 0 Å². The van der Waals surface area contributed by atoms with Crippen molar-refractivity contribution < 1.29 is 13.2 Å². The molecule has 1 fully saturated rings. The second-order valence-electron chi connectivity index (χ2n) is 5.45. The molecular weight excluding hydrogens is 250 g/mol. The Morgan fingerprint density at radius 2 is 2.06 bits per heavy atom. The molecule has 18 heavy (non-hydrogen) atoms. The number of nitrogens with one attached hydrogen (secondary N) is 1. The monoisotopic (exact) mass is 275 g/mol. The summed E-state index contributed by atoms with van der Waals surface area (Å²) in [7, 11) is -3.11. The predicted molar refractivity (Wildman–Crippen MR) is 73.4 cm³/mol. The van der Waals surface area contributed by atoms with E-state index in [2.05, 4.69) is 12.2 Å². The molecule has 1 unspecified atom stereocenters. The molecule has 0 aromatic rings. The van der Waals surface area contributed by atoms with Crippen molar-refractivity contribution in [3.8, 4) is 0 Å². The molecular formula is C13H25NO3S. The van der Waals surface area contributed by atoms with Crippen LogP contribution in [-0.2, 0) is 14.6 Å². The van der Waals surface area contributed by atoms with Crippen molar-refractivity contribution in [2.75, 3.05) is 12.3 Å². The molecule has 0 aromatic carbocycles. The maximum atomic E-state index is 12.3. The summed E-state index contributed by atoms with van der Waals surface area (Å²) in [6.45, 7) is 6.24. The number of sulfone groups is 1. The largest absolute Gasteiger partial charge is 0.305 e. The van der Waals surface area contributed by atoms with Gasteiger partial charge in [-0.15, -0.1) is 0 Å². The molecule has 1 N–H and O–H groups in total. The maximum absolute atomic E-state index is 12.3. The Balaban J connectivity index is 2.64. The second-order valence-corrected chi connectivity index (χ2v) is 8.13. The molecule has 1 aliphatic rings. The Morgan fingerprint density at radius 3 is 2.50 bits per heavy atom. The van der Waals surface area contributed by atoms with Crippen molar-refractivity contribution in [2.45, 2.75) is 63.7 Å². The first-order valence-corrected chi connectivity index (χ1v) is 8.55. The van der Waals surface area contributed by atoms with Crippen LogP contribution in [0.4, 0.5) is 0 Å². The van der Waals surface area contributed by atoms with Crippen LogP contribution in [0.3, 0.4) is 0 Å². The number of hydrogen-bond donors (Lipinski definition) is 1. The number of ketones is 1. The number of hydrogen-bond acceptors (Lipinski definition) is 4. The molecule has 1 heterocycles. The molecule has 0 amide bonds. The van der Waals surface area contributed by atoms with E-state index in [0.29, 0.717) is 0 Å². The van der Waals surface area contributed by atoms with Gasteiger partial charge in [0.1, 0.15) is 0 Å². The molecule has 0 aromatic heterocycles. The lowest BCUT2D eigenvalue weighted by atomic mass is 9.86. The maximum Gasteiger partial charge on any atom is 0.153 e. The van der Waals surface area contributed by atoms with Crippen molar-refractivity contribution >= 4 is 15.6 Å². The third-order valence-electron chi connectivity index (χ3n) is 3.79. The lowest BCUT2D eigenvalue weighted by molar-refractivity contribution is -0.124. The number of Topliss-reactive ketones (excluding diaryl/α,β-unsaturated/α-hetero) is 1. The van der Waals surface area contributed by atoms with Gasteiger partial charge in [0.2, 0.25) is 0 Å². The van der Waals surface area contributed by atoms with Crippen molar-refractivity contribution in [2.24, 2.45) is 0 Å². The summed E-state index contributed by atoms with van der Waals surface area (Å²) in [5, 5.41) is 2.89. The van der Waals surface area contributed by atoms with Crippen LogP contribution in [0.15, 0.2) is 0 Å². The van der Waals surface area contributed by atoms with Crippen LogP contribution >= 0.6 is 0 Å². The third-order valence-corrected chi connectivity index (χ3v) is 6.00.